The highest BCUT2D eigenvalue weighted by Gasteiger charge is 2.43. The molecule has 0 radical (unpaired) electrons. The lowest BCUT2D eigenvalue weighted by Gasteiger charge is -2.39. The smallest absolute Gasteiger partial charge is 0.328 e. The number of carbonyl (C=O) groups is 1. The van der Waals surface area contributed by atoms with E-state index in [1.54, 1.807) is 0 Å². The first kappa shape index (κ1) is 29.0. The van der Waals surface area contributed by atoms with Gasteiger partial charge in [-0.05, 0) is 66.5 Å². The lowest BCUT2D eigenvalue weighted by atomic mass is 10.2. The molecule has 0 aliphatic carbocycles. The van der Waals surface area contributed by atoms with Gasteiger partial charge in [0.2, 0.25) is 8.32 Å². The second-order valence-electron chi connectivity index (χ2n) is 13.5. The van der Waals surface area contributed by atoms with Crippen molar-refractivity contribution in [1.82, 2.24) is 0 Å². The van der Waals surface area contributed by atoms with Crippen LogP contribution in [0.5, 0.6) is 11.5 Å². The first-order valence-corrected chi connectivity index (χ1v) is 20.4. The summed E-state index contributed by atoms with van der Waals surface area (Å²) in [5.74, 6) is 1.04. The molecule has 0 aliphatic rings. The van der Waals surface area contributed by atoms with Gasteiger partial charge in [-0.1, -0.05) is 62.3 Å². The van der Waals surface area contributed by atoms with Crippen LogP contribution in [0.1, 0.15) is 72.7 Å². The molecule has 1 rings (SSSR count). The third-order valence-electron chi connectivity index (χ3n) is 7.68. The zero-order chi connectivity index (χ0) is 25.6. The number of hydrogen-bond acceptors (Lipinski definition) is 4. The molecule has 0 saturated carbocycles. The first-order chi connectivity index (χ1) is 13.9. The van der Waals surface area contributed by atoms with E-state index in [1.165, 1.54) is 0 Å². The summed E-state index contributed by atoms with van der Waals surface area (Å²) in [6.07, 6.45) is 0. The van der Waals surface area contributed by atoms with Crippen molar-refractivity contribution in [3.8, 4) is 11.5 Å². The molecule has 1 aromatic rings. The van der Waals surface area contributed by atoms with Crippen LogP contribution in [0.25, 0.3) is 0 Å². The number of rotatable bonds is 6. The lowest BCUT2D eigenvalue weighted by Crippen LogP contribution is -2.45. The topological polar surface area (TPSA) is 44.8 Å². The minimum absolute atomic E-state index is 0.00387. The molecule has 0 aromatic heterocycles. The van der Waals surface area contributed by atoms with Gasteiger partial charge in [0.1, 0.15) is 11.5 Å². The van der Waals surface area contributed by atoms with Crippen LogP contribution in [0, 0.1) is 0 Å². The maximum atomic E-state index is 13.3. The van der Waals surface area contributed by atoms with Gasteiger partial charge in [0.15, 0.2) is 0 Å². The van der Waals surface area contributed by atoms with E-state index < -0.39 is 25.0 Å². The Morgan fingerprint density at radius 1 is 0.656 bits per heavy atom. The van der Waals surface area contributed by atoms with E-state index >= 15 is 0 Å². The normalized spacial score (nSPS) is 14.2. The molecular weight excluding hydrogens is 449 g/mol. The van der Waals surface area contributed by atoms with Gasteiger partial charge in [-0.15, -0.1) is 0 Å². The summed E-state index contributed by atoms with van der Waals surface area (Å²) in [5.41, 5.74) is 0.488. The monoisotopic (exact) mass is 496 g/mol. The summed E-state index contributed by atoms with van der Waals surface area (Å²) in [5, 5.41) is 0.0196. The summed E-state index contributed by atoms with van der Waals surface area (Å²) in [4.78, 5) is 13.3. The molecule has 0 heterocycles. The molecule has 0 fully saturated rings. The van der Waals surface area contributed by atoms with E-state index in [-0.39, 0.29) is 21.1 Å². The van der Waals surface area contributed by atoms with E-state index in [0.717, 1.165) is 5.75 Å². The molecule has 7 heteroatoms. The van der Waals surface area contributed by atoms with Crippen LogP contribution in [0.4, 0.5) is 0 Å². The van der Waals surface area contributed by atoms with E-state index in [9.17, 15) is 4.79 Å². The van der Waals surface area contributed by atoms with Gasteiger partial charge in [0.25, 0.3) is 16.6 Å². The molecule has 0 amide bonds. The predicted octanol–water partition coefficient (Wildman–Crippen LogP) is 8.62. The molecule has 32 heavy (non-hydrogen) atoms. The molecule has 0 spiro atoms. The van der Waals surface area contributed by atoms with E-state index in [0.29, 0.717) is 11.3 Å². The Balaban J connectivity index is 3.49. The van der Waals surface area contributed by atoms with Crippen LogP contribution in [-0.2, 0) is 4.43 Å². The Bertz CT molecular complexity index is 823. The third kappa shape index (κ3) is 6.73. The molecule has 0 N–H and O–H groups in total. The van der Waals surface area contributed by atoms with E-state index in [4.69, 9.17) is 13.3 Å². The van der Waals surface area contributed by atoms with Crippen molar-refractivity contribution in [2.45, 2.75) is 117 Å². The quantitative estimate of drug-likeness (QED) is 0.370. The summed E-state index contributed by atoms with van der Waals surface area (Å²) < 4.78 is 19.3. The second kappa shape index (κ2) is 8.95. The van der Waals surface area contributed by atoms with Gasteiger partial charge in [-0.25, -0.2) is 4.79 Å². The summed E-state index contributed by atoms with van der Waals surface area (Å²) >= 11 is 0. The fourth-order valence-electron chi connectivity index (χ4n) is 2.13. The Morgan fingerprint density at radius 3 is 1.47 bits per heavy atom. The maximum Gasteiger partial charge on any atom is 0.328 e. The zero-order valence-corrected chi connectivity index (χ0v) is 26.4. The van der Waals surface area contributed by atoms with Gasteiger partial charge in [-0.2, -0.15) is 0 Å². The van der Waals surface area contributed by atoms with Crippen molar-refractivity contribution in [3.63, 3.8) is 0 Å². The van der Waals surface area contributed by atoms with E-state index in [2.05, 4.69) is 102 Å². The molecule has 0 saturated heterocycles. The molecule has 0 aliphatic heterocycles. The second-order valence-corrected chi connectivity index (χ2v) is 27.7. The van der Waals surface area contributed by atoms with Gasteiger partial charge in [0.05, 0.1) is 5.56 Å². The fourth-order valence-corrected chi connectivity index (χ4v) is 5.06. The molecule has 184 valence electrons. The minimum atomic E-state index is -2.26. The van der Waals surface area contributed by atoms with Crippen LogP contribution in [-0.4, -0.2) is 30.9 Å². The largest absolute Gasteiger partial charge is 0.543 e. The minimum Gasteiger partial charge on any atom is -0.543 e. The zero-order valence-electron chi connectivity index (χ0n) is 23.4. The highest BCUT2D eigenvalue weighted by molar-refractivity contribution is 6.76. The standard InChI is InChI=1S/C25H48O4Si3/c1-23(2,3)30(10,11)27-19-16-17-20(22(26)29-32(14,15)25(7,8)9)21(18-19)28-31(12,13)24(4,5)6/h16-18H,1-15H3. The number of benzene rings is 1. The lowest BCUT2D eigenvalue weighted by molar-refractivity contribution is 0.0710. The predicted molar refractivity (Wildman–Crippen MR) is 145 cm³/mol. The molecular formula is C25H48O4Si3. The Labute approximate surface area is 200 Å². The highest BCUT2D eigenvalue weighted by Crippen LogP contribution is 2.42. The number of carbonyl (C=O) groups excluding carboxylic acids is 1. The summed E-state index contributed by atoms with van der Waals surface area (Å²) in [6.45, 7) is 32.7. The van der Waals surface area contributed by atoms with Crippen LogP contribution < -0.4 is 8.85 Å². The van der Waals surface area contributed by atoms with Crippen molar-refractivity contribution in [2.75, 3.05) is 0 Å². The van der Waals surface area contributed by atoms with Crippen molar-refractivity contribution >= 4 is 30.9 Å². The maximum absolute atomic E-state index is 13.3. The molecule has 0 unspecified atom stereocenters. The van der Waals surface area contributed by atoms with Crippen molar-refractivity contribution in [3.05, 3.63) is 23.8 Å². The highest BCUT2D eigenvalue weighted by atomic mass is 28.4. The van der Waals surface area contributed by atoms with Crippen LogP contribution >= 0.6 is 0 Å². The molecule has 1 aromatic carbocycles. The van der Waals surface area contributed by atoms with Gasteiger partial charge in [0, 0.05) is 6.07 Å². The van der Waals surface area contributed by atoms with Crippen molar-refractivity contribution in [2.24, 2.45) is 0 Å². The Morgan fingerprint density at radius 2 is 1.06 bits per heavy atom. The van der Waals surface area contributed by atoms with Gasteiger partial charge >= 0.3 is 5.97 Å². The fraction of sp³-hybridized carbons (Fsp3) is 0.720. The van der Waals surface area contributed by atoms with Crippen molar-refractivity contribution in [1.29, 1.82) is 0 Å². The molecule has 0 atom stereocenters. The van der Waals surface area contributed by atoms with Gasteiger partial charge in [-0.3, -0.25) is 0 Å². The van der Waals surface area contributed by atoms with Gasteiger partial charge < -0.3 is 13.3 Å². The summed E-state index contributed by atoms with van der Waals surface area (Å²) in [7, 11) is -6.47. The average Bonchev–Trinajstić information content (AvgIpc) is 2.50. The molecule has 4 nitrogen and oxygen atoms in total. The number of hydrogen-bond donors (Lipinski definition) is 0. The van der Waals surface area contributed by atoms with Crippen LogP contribution in [0.15, 0.2) is 18.2 Å². The van der Waals surface area contributed by atoms with Crippen LogP contribution in [0.3, 0.4) is 0 Å². The van der Waals surface area contributed by atoms with Crippen LogP contribution in [0.2, 0.25) is 54.4 Å². The van der Waals surface area contributed by atoms with Crippen molar-refractivity contribution < 1.29 is 18.1 Å². The van der Waals surface area contributed by atoms with E-state index in [1.807, 2.05) is 18.2 Å². The SMILES string of the molecule is CC(C)(C)[Si](C)(C)OC(=O)c1ccc(O[Si](C)(C)C(C)(C)C)cc1O[Si](C)(C)C(C)(C)C. The Hall–Kier alpha value is -1.06. The molecule has 0 bridgehead atoms. The summed E-state index contributed by atoms with van der Waals surface area (Å²) in [6, 6.07) is 5.62. The Kier molecular flexibility index (Phi) is 8.10. The first-order valence-electron chi connectivity index (χ1n) is 11.7. The third-order valence-corrected chi connectivity index (χ3v) is 20.7. The average molecular weight is 497 g/mol.